The van der Waals surface area contributed by atoms with Crippen molar-refractivity contribution < 1.29 is 14.3 Å². The standard InChI is InChI=1S/C22H22N6O3/c1-27-20-15(12-25-27)21(24-13-23-20)31-17-8-7-14(11-18(17)30-2)10-16-22(29)28-9-5-3-4-6-19(28)26-16/h7-8,10-13H,3-6,9H2,1-2H3/b16-10-. The Morgan fingerprint density at radius 3 is 2.90 bits per heavy atom. The van der Waals surface area contributed by atoms with Crippen molar-refractivity contribution in [3.8, 4) is 17.4 Å². The topological polar surface area (TPSA) is 94.7 Å². The highest BCUT2D eigenvalue weighted by Gasteiger charge is 2.30. The summed E-state index contributed by atoms with van der Waals surface area (Å²) in [5.41, 5.74) is 1.95. The maximum absolute atomic E-state index is 12.8. The number of amidine groups is 1. The maximum Gasteiger partial charge on any atom is 0.277 e. The minimum atomic E-state index is -0.0313. The van der Waals surface area contributed by atoms with Crippen LogP contribution in [0.4, 0.5) is 0 Å². The van der Waals surface area contributed by atoms with Gasteiger partial charge in [-0.25, -0.2) is 15.0 Å². The van der Waals surface area contributed by atoms with Gasteiger partial charge in [-0.3, -0.25) is 14.4 Å². The van der Waals surface area contributed by atoms with Crippen molar-refractivity contribution in [2.24, 2.45) is 12.0 Å². The molecule has 31 heavy (non-hydrogen) atoms. The molecule has 0 N–H and O–H groups in total. The van der Waals surface area contributed by atoms with Crippen molar-refractivity contribution in [3.05, 3.63) is 42.0 Å². The molecule has 0 atom stereocenters. The summed E-state index contributed by atoms with van der Waals surface area (Å²) in [5, 5.41) is 4.91. The smallest absolute Gasteiger partial charge is 0.277 e. The van der Waals surface area contributed by atoms with Gasteiger partial charge in [-0.1, -0.05) is 12.5 Å². The van der Waals surface area contributed by atoms with Gasteiger partial charge in [-0.2, -0.15) is 5.10 Å². The SMILES string of the molecule is COc1cc(/C=C2\N=C3CCCCCN3C2=O)ccc1Oc1ncnc2c1cnn2C. The van der Waals surface area contributed by atoms with E-state index in [-0.39, 0.29) is 5.91 Å². The molecule has 0 radical (unpaired) electrons. The third-order valence-corrected chi connectivity index (χ3v) is 5.50. The molecule has 1 saturated heterocycles. The zero-order valence-corrected chi connectivity index (χ0v) is 17.4. The lowest BCUT2D eigenvalue weighted by Gasteiger charge is -2.14. The first-order chi connectivity index (χ1) is 15.1. The van der Waals surface area contributed by atoms with Crippen LogP contribution in [0.5, 0.6) is 17.4 Å². The first kappa shape index (κ1) is 19.2. The van der Waals surface area contributed by atoms with Gasteiger partial charge in [0.1, 0.15) is 23.2 Å². The number of carbonyl (C=O) groups excluding carboxylic acids is 1. The maximum atomic E-state index is 12.8. The molecule has 5 rings (SSSR count). The molecule has 0 spiro atoms. The summed E-state index contributed by atoms with van der Waals surface area (Å²) >= 11 is 0. The molecule has 4 heterocycles. The van der Waals surface area contributed by atoms with E-state index in [2.05, 4.69) is 20.1 Å². The lowest BCUT2D eigenvalue weighted by molar-refractivity contribution is -0.122. The zero-order valence-electron chi connectivity index (χ0n) is 17.4. The summed E-state index contributed by atoms with van der Waals surface area (Å²) in [4.78, 5) is 27.6. The zero-order chi connectivity index (χ0) is 21.4. The Labute approximate surface area is 179 Å². The molecule has 0 bridgehead atoms. The van der Waals surface area contributed by atoms with Gasteiger partial charge in [0.2, 0.25) is 5.88 Å². The fourth-order valence-electron chi connectivity index (χ4n) is 3.89. The van der Waals surface area contributed by atoms with Crippen LogP contribution < -0.4 is 9.47 Å². The largest absolute Gasteiger partial charge is 0.493 e. The van der Waals surface area contributed by atoms with Crippen LogP contribution in [0, 0.1) is 0 Å². The Morgan fingerprint density at radius 1 is 1.13 bits per heavy atom. The van der Waals surface area contributed by atoms with Crippen molar-refractivity contribution in [1.82, 2.24) is 24.6 Å². The van der Waals surface area contributed by atoms with E-state index in [1.807, 2.05) is 24.1 Å². The van der Waals surface area contributed by atoms with Crippen molar-refractivity contribution >= 4 is 28.9 Å². The average Bonchev–Trinajstić information content (AvgIpc) is 3.19. The Bertz CT molecular complexity index is 1230. The van der Waals surface area contributed by atoms with E-state index < -0.39 is 0 Å². The number of hydrogen-bond donors (Lipinski definition) is 0. The van der Waals surface area contributed by atoms with Crippen LogP contribution in [0.15, 0.2) is 41.4 Å². The molecule has 1 amide bonds. The van der Waals surface area contributed by atoms with Crippen LogP contribution in [0.25, 0.3) is 17.1 Å². The molecule has 1 fully saturated rings. The first-order valence-corrected chi connectivity index (χ1v) is 10.2. The van der Waals surface area contributed by atoms with E-state index in [1.165, 1.54) is 6.33 Å². The molecule has 0 unspecified atom stereocenters. The number of fused-ring (bicyclic) bond motifs is 2. The van der Waals surface area contributed by atoms with Gasteiger partial charge in [0.25, 0.3) is 5.91 Å². The number of hydrogen-bond acceptors (Lipinski definition) is 7. The highest BCUT2D eigenvalue weighted by molar-refractivity contribution is 6.14. The second-order valence-corrected chi connectivity index (χ2v) is 7.52. The molecule has 2 aliphatic rings. The second kappa shape index (κ2) is 7.82. The predicted molar refractivity (Wildman–Crippen MR) is 115 cm³/mol. The molecule has 158 valence electrons. The summed E-state index contributed by atoms with van der Waals surface area (Å²) in [7, 11) is 3.38. The number of rotatable bonds is 4. The van der Waals surface area contributed by atoms with Gasteiger partial charge in [0.15, 0.2) is 17.1 Å². The van der Waals surface area contributed by atoms with Crippen LogP contribution in [0.2, 0.25) is 0 Å². The Morgan fingerprint density at radius 2 is 2.03 bits per heavy atom. The summed E-state index contributed by atoms with van der Waals surface area (Å²) < 4.78 is 13.2. The van der Waals surface area contributed by atoms with Crippen LogP contribution in [0.1, 0.15) is 31.2 Å². The fraction of sp³-hybridized carbons (Fsp3) is 0.318. The van der Waals surface area contributed by atoms with E-state index in [4.69, 9.17) is 9.47 Å². The summed E-state index contributed by atoms with van der Waals surface area (Å²) in [6.07, 6.45) is 8.97. The first-order valence-electron chi connectivity index (χ1n) is 10.2. The number of amides is 1. The van der Waals surface area contributed by atoms with Crippen molar-refractivity contribution in [2.75, 3.05) is 13.7 Å². The number of aromatic nitrogens is 4. The normalized spacial score (nSPS) is 17.6. The molecule has 2 aromatic heterocycles. The van der Waals surface area contributed by atoms with Crippen LogP contribution in [0.3, 0.4) is 0 Å². The second-order valence-electron chi connectivity index (χ2n) is 7.52. The molecule has 0 saturated carbocycles. The fourth-order valence-corrected chi connectivity index (χ4v) is 3.89. The Balaban J connectivity index is 1.44. The number of carbonyl (C=O) groups is 1. The highest BCUT2D eigenvalue weighted by Crippen LogP contribution is 2.35. The third kappa shape index (κ3) is 3.52. The van der Waals surface area contributed by atoms with Gasteiger partial charge in [-0.15, -0.1) is 0 Å². The van der Waals surface area contributed by atoms with Gasteiger partial charge < -0.3 is 9.47 Å². The number of aliphatic imine (C=N–C) groups is 1. The lowest BCUT2D eigenvalue weighted by Crippen LogP contribution is -2.31. The highest BCUT2D eigenvalue weighted by atomic mass is 16.5. The number of ether oxygens (including phenoxy) is 2. The molecule has 9 nitrogen and oxygen atoms in total. The van der Waals surface area contributed by atoms with E-state index in [1.54, 1.807) is 30.1 Å². The van der Waals surface area contributed by atoms with Crippen LogP contribution >= 0.6 is 0 Å². The summed E-state index contributed by atoms with van der Waals surface area (Å²) in [5.74, 6) is 2.28. The van der Waals surface area contributed by atoms with Crippen LogP contribution in [-0.2, 0) is 11.8 Å². The minimum Gasteiger partial charge on any atom is -0.493 e. The van der Waals surface area contributed by atoms with E-state index in [0.717, 1.165) is 43.6 Å². The molecule has 0 aliphatic carbocycles. The monoisotopic (exact) mass is 418 g/mol. The van der Waals surface area contributed by atoms with E-state index >= 15 is 0 Å². The Hall–Kier alpha value is -3.75. The minimum absolute atomic E-state index is 0.0313. The quantitative estimate of drug-likeness (QED) is 0.603. The number of benzene rings is 1. The number of aryl methyl sites for hydroxylation is 1. The molecule has 9 heteroatoms. The van der Waals surface area contributed by atoms with Crippen molar-refractivity contribution in [3.63, 3.8) is 0 Å². The molecule has 3 aromatic rings. The molecular weight excluding hydrogens is 396 g/mol. The van der Waals surface area contributed by atoms with Gasteiger partial charge in [0.05, 0.1) is 13.3 Å². The van der Waals surface area contributed by atoms with Crippen LogP contribution in [-0.4, -0.2) is 50.0 Å². The molecule has 1 aromatic carbocycles. The van der Waals surface area contributed by atoms with Crippen molar-refractivity contribution in [2.45, 2.75) is 25.7 Å². The lowest BCUT2D eigenvalue weighted by atomic mass is 10.1. The summed E-state index contributed by atoms with van der Waals surface area (Å²) in [6, 6.07) is 5.48. The third-order valence-electron chi connectivity index (χ3n) is 5.50. The number of methoxy groups -OCH3 is 1. The van der Waals surface area contributed by atoms with Crippen molar-refractivity contribution in [1.29, 1.82) is 0 Å². The summed E-state index contributed by atoms with van der Waals surface area (Å²) in [6.45, 7) is 0.743. The van der Waals surface area contributed by atoms with Gasteiger partial charge in [-0.05, 0) is 36.6 Å². The Kier molecular flexibility index (Phi) is 4.85. The average molecular weight is 418 g/mol. The number of nitrogens with zero attached hydrogens (tertiary/aromatic N) is 6. The van der Waals surface area contributed by atoms with Gasteiger partial charge >= 0.3 is 0 Å². The molecular formula is C22H22N6O3. The van der Waals surface area contributed by atoms with E-state index in [0.29, 0.717) is 34.1 Å². The van der Waals surface area contributed by atoms with E-state index in [9.17, 15) is 4.79 Å². The van der Waals surface area contributed by atoms with Gasteiger partial charge in [0, 0.05) is 20.0 Å². The predicted octanol–water partition coefficient (Wildman–Crippen LogP) is 3.32. The molecule has 2 aliphatic heterocycles.